The second kappa shape index (κ2) is 8.36. The summed E-state index contributed by atoms with van der Waals surface area (Å²) >= 11 is 0. The third-order valence-electron chi connectivity index (χ3n) is 4.58. The zero-order valence-corrected chi connectivity index (χ0v) is 17.0. The van der Waals surface area contributed by atoms with Crippen molar-refractivity contribution < 1.29 is 29.1 Å². The first-order valence-electron chi connectivity index (χ1n) is 9.14. The predicted octanol–water partition coefficient (Wildman–Crippen LogP) is 0.432. The van der Waals surface area contributed by atoms with E-state index in [2.05, 4.69) is 10.3 Å². The molecule has 1 fully saturated rings. The van der Waals surface area contributed by atoms with Crippen molar-refractivity contribution in [3.63, 3.8) is 0 Å². The fourth-order valence-electron chi connectivity index (χ4n) is 3.02. The quantitative estimate of drug-likeness (QED) is 0.498. The molecular formula is C18H28BN3O6. The van der Waals surface area contributed by atoms with Gasteiger partial charge in [0.2, 0.25) is 0 Å². The average molecular weight is 393 g/mol. The number of aromatic nitrogens is 1. The molecule has 0 radical (unpaired) electrons. The van der Waals surface area contributed by atoms with Gasteiger partial charge in [0.1, 0.15) is 5.60 Å². The largest absolute Gasteiger partial charge is 0.490 e. The predicted molar refractivity (Wildman–Crippen MR) is 105 cm³/mol. The number of ether oxygens (including phenoxy) is 2. The van der Waals surface area contributed by atoms with E-state index in [1.54, 1.807) is 20.8 Å². The summed E-state index contributed by atoms with van der Waals surface area (Å²) in [6.45, 7) is 8.43. The first kappa shape index (κ1) is 22.0. The molecule has 154 valence electrons. The molecule has 28 heavy (non-hydrogen) atoms. The van der Waals surface area contributed by atoms with Crippen LogP contribution in [0.15, 0.2) is 12.3 Å². The van der Waals surface area contributed by atoms with Gasteiger partial charge < -0.3 is 29.7 Å². The van der Waals surface area contributed by atoms with Crippen molar-refractivity contribution in [3.8, 4) is 0 Å². The molecule has 1 aromatic heterocycles. The number of piperidine rings is 1. The number of hydrogen-bond donors (Lipinski definition) is 3. The van der Waals surface area contributed by atoms with Crippen LogP contribution in [0.3, 0.4) is 0 Å². The molecule has 0 spiro atoms. The molecule has 2 heterocycles. The van der Waals surface area contributed by atoms with Crippen LogP contribution in [0.5, 0.6) is 0 Å². The highest BCUT2D eigenvalue weighted by Gasteiger charge is 2.34. The Bertz CT molecular complexity index is 727. The summed E-state index contributed by atoms with van der Waals surface area (Å²) in [4.78, 5) is 30.1. The third-order valence-corrected chi connectivity index (χ3v) is 4.58. The second-order valence-corrected chi connectivity index (χ2v) is 8.18. The lowest BCUT2D eigenvalue weighted by Crippen LogP contribution is -2.54. The van der Waals surface area contributed by atoms with Gasteiger partial charge in [-0.25, -0.2) is 14.6 Å². The molecule has 2 rings (SSSR count). The molecule has 0 aromatic carbocycles. The van der Waals surface area contributed by atoms with Crippen molar-refractivity contribution >= 4 is 30.3 Å². The van der Waals surface area contributed by atoms with E-state index in [4.69, 9.17) is 9.47 Å². The number of rotatable bonds is 4. The van der Waals surface area contributed by atoms with Crippen molar-refractivity contribution in [2.24, 2.45) is 0 Å². The van der Waals surface area contributed by atoms with Crippen LogP contribution in [0, 0.1) is 0 Å². The summed E-state index contributed by atoms with van der Waals surface area (Å²) in [5.41, 5.74) is -0.269. The number of nitrogens with one attached hydrogen (secondary N) is 1. The van der Waals surface area contributed by atoms with Gasteiger partial charge in [-0.1, -0.05) is 0 Å². The smallest absolute Gasteiger partial charge is 0.464 e. The number of pyridine rings is 1. The van der Waals surface area contributed by atoms with Gasteiger partial charge in [-0.2, -0.15) is 0 Å². The van der Waals surface area contributed by atoms with Crippen molar-refractivity contribution in [1.82, 2.24) is 10.3 Å². The van der Waals surface area contributed by atoms with Crippen molar-refractivity contribution in [3.05, 3.63) is 18.0 Å². The van der Waals surface area contributed by atoms with Crippen LogP contribution in [0.25, 0.3) is 0 Å². The maximum atomic E-state index is 12.1. The Morgan fingerprint density at radius 2 is 1.89 bits per heavy atom. The lowest BCUT2D eigenvalue weighted by atomic mass is 9.81. The number of alkyl carbamates (subject to hydrolysis) is 1. The first-order chi connectivity index (χ1) is 12.9. The van der Waals surface area contributed by atoms with E-state index in [9.17, 15) is 19.6 Å². The zero-order chi connectivity index (χ0) is 21.1. The minimum absolute atomic E-state index is 0.107. The summed E-state index contributed by atoms with van der Waals surface area (Å²) in [5.74, 6) is -0.603. The number of anilines is 1. The molecule has 1 amide bonds. The lowest BCUT2D eigenvalue weighted by molar-refractivity contribution is 0.0448. The zero-order valence-electron chi connectivity index (χ0n) is 17.0. The van der Waals surface area contributed by atoms with Crippen LogP contribution in [-0.2, 0) is 9.47 Å². The highest BCUT2D eigenvalue weighted by Crippen LogP contribution is 2.28. The molecule has 0 unspecified atom stereocenters. The van der Waals surface area contributed by atoms with E-state index in [1.165, 1.54) is 19.4 Å². The summed E-state index contributed by atoms with van der Waals surface area (Å²) in [7, 11) is -0.428. The van der Waals surface area contributed by atoms with Gasteiger partial charge in [-0.15, -0.1) is 0 Å². The Labute approximate surface area is 165 Å². The average Bonchev–Trinajstić information content (AvgIpc) is 2.59. The molecule has 1 saturated heterocycles. The Balaban J connectivity index is 2.14. The van der Waals surface area contributed by atoms with E-state index in [-0.39, 0.29) is 11.2 Å². The van der Waals surface area contributed by atoms with Gasteiger partial charge in [0.25, 0.3) is 0 Å². The van der Waals surface area contributed by atoms with Crippen LogP contribution >= 0.6 is 0 Å². The molecule has 10 heteroatoms. The van der Waals surface area contributed by atoms with Crippen molar-refractivity contribution in [1.29, 1.82) is 0 Å². The van der Waals surface area contributed by atoms with Gasteiger partial charge in [0.05, 0.1) is 12.8 Å². The number of nitrogens with zero attached hydrogens (tertiary/aromatic N) is 2. The Morgan fingerprint density at radius 3 is 2.39 bits per heavy atom. The number of amides is 1. The lowest BCUT2D eigenvalue weighted by Gasteiger charge is -2.41. The number of carbonyl (C=O) groups is 2. The van der Waals surface area contributed by atoms with E-state index >= 15 is 0 Å². The minimum atomic E-state index is -1.69. The van der Waals surface area contributed by atoms with Gasteiger partial charge in [-0.3, -0.25) is 0 Å². The Morgan fingerprint density at radius 1 is 1.29 bits per heavy atom. The molecule has 0 bridgehead atoms. The summed E-state index contributed by atoms with van der Waals surface area (Å²) in [6.07, 6.45) is 1.99. The first-order valence-corrected chi connectivity index (χ1v) is 9.14. The molecule has 0 aliphatic carbocycles. The fraction of sp³-hybridized carbons (Fsp3) is 0.611. The Hall–Kier alpha value is -2.33. The number of carbonyl (C=O) groups excluding carboxylic acids is 2. The number of hydrogen-bond acceptors (Lipinski definition) is 8. The summed E-state index contributed by atoms with van der Waals surface area (Å²) in [5, 5.41) is 21.8. The van der Waals surface area contributed by atoms with Crippen molar-refractivity contribution in [2.45, 2.75) is 51.7 Å². The van der Waals surface area contributed by atoms with E-state index < -0.39 is 30.3 Å². The van der Waals surface area contributed by atoms with Crippen molar-refractivity contribution in [2.75, 3.05) is 25.1 Å². The fourth-order valence-corrected chi connectivity index (χ4v) is 3.02. The topological polar surface area (TPSA) is 121 Å². The standard InChI is InChI=1S/C18H28BN3O6/c1-17(2,3)28-16(24)21-18(4)6-8-22(9-7-18)13-10-12(19(25)26)11-20-14(13)15(23)27-5/h10-11,25-26H,6-9H2,1-5H3,(H,21,24). The summed E-state index contributed by atoms with van der Waals surface area (Å²) < 4.78 is 10.1. The van der Waals surface area contributed by atoms with Crippen LogP contribution in [0.1, 0.15) is 51.0 Å². The molecule has 0 saturated carbocycles. The van der Waals surface area contributed by atoms with E-state index in [0.29, 0.717) is 31.6 Å². The van der Waals surface area contributed by atoms with E-state index in [1.807, 2.05) is 11.8 Å². The second-order valence-electron chi connectivity index (χ2n) is 8.18. The van der Waals surface area contributed by atoms with Gasteiger partial charge in [-0.05, 0) is 46.6 Å². The number of esters is 1. The number of methoxy groups -OCH3 is 1. The highest BCUT2D eigenvalue weighted by atomic mass is 16.6. The van der Waals surface area contributed by atoms with Crippen LogP contribution in [0.4, 0.5) is 10.5 Å². The normalized spacial score (nSPS) is 16.3. The van der Waals surface area contributed by atoms with Gasteiger partial charge >= 0.3 is 19.2 Å². The van der Waals surface area contributed by atoms with Gasteiger partial charge in [0, 0.05) is 30.3 Å². The monoisotopic (exact) mass is 393 g/mol. The summed E-state index contributed by atoms with van der Waals surface area (Å²) in [6, 6.07) is 1.52. The van der Waals surface area contributed by atoms with Gasteiger partial charge in [0.15, 0.2) is 5.69 Å². The van der Waals surface area contributed by atoms with Crippen LogP contribution in [0.2, 0.25) is 0 Å². The van der Waals surface area contributed by atoms with E-state index in [0.717, 1.165) is 0 Å². The molecule has 1 aromatic rings. The molecular weight excluding hydrogens is 365 g/mol. The molecule has 3 N–H and O–H groups in total. The molecule has 0 atom stereocenters. The Kier molecular flexibility index (Phi) is 6.56. The van der Waals surface area contributed by atoms with Crippen LogP contribution in [-0.4, -0.2) is 65.6 Å². The van der Waals surface area contributed by atoms with Crippen LogP contribution < -0.4 is 15.7 Å². The minimum Gasteiger partial charge on any atom is -0.464 e. The molecule has 1 aliphatic heterocycles. The third kappa shape index (κ3) is 5.59. The molecule has 1 aliphatic rings. The molecule has 9 nitrogen and oxygen atoms in total. The maximum absolute atomic E-state index is 12.1. The maximum Gasteiger partial charge on any atom is 0.490 e. The SMILES string of the molecule is COC(=O)c1ncc(B(O)O)cc1N1CCC(C)(NC(=O)OC(C)(C)C)CC1. The highest BCUT2D eigenvalue weighted by molar-refractivity contribution is 6.58.